The quantitative estimate of drug-likeness (QED) is 0.929. The highest BCUT2D eigenvalue weighted by atomic mass is 16.7. The average molecular weight is 312 g/mol. The van der Waals surface area contributed by atoms with Gasteiger partial charge >= 0.3 is 0 Å². The number of hydrogen-bond acceptors (Lipinski definition) is 4. The van der Waals surface area contributed by atoms with Gasteiger partial charge < -0.3 is 19.3 Å². The molecule has 2 aromatic rings. The van der Waals surface area contributed by atoms with E-state index in [1.165, 1.54) is 0 Å². The topological polar surface area (TPSA) is 47.9 Å². The first-order valence-corrected chi connectivity index (χ1v) is 8.05. The molecule has 0 atom stereocenters. The summed E-state index contributed by atoms with van der Waals surface area (Å²) in [6, 6.07) is 11.2. The summed E-state index contributed by atoms with van der Waals surface area (Å²) in [4.78, 5) is 0. The summed E-state index contributed by atoms with van der Waals surface area (Å²) in [6.07, 6.45) is 4.83. The van der Waals surface area contributed by atoms with E-state index in [9.17, 15) is 5.11 Å². The normalized spacial score (nSPS) is 17.6. The zero-order valence-corrected chi connectivity index (χ0v) is 13.2. The van der Waals surface area contributed by atoms with Crippen LogP contribution in [0.5, 0.6) is 23.0 Å². The Morgan fingerprint density at radius 1 is 1.00 bits per heavy atom. The van der Waals surface area contributed by atoms with Crippen LogP contribution in [0.2, 0.25) is 0 Å². The Morgan fingerprint density at radius 2 is 1.70 bits per heavy atom. The van der Waals surface area contributed by atoms with E-state index >= 15 is 0 Å². The molecule has 2 aromatic carbocycles. The van der Waals surface area contributed by atoms with Gasteiger partial charge in [0.2, 0.25) is 5.75 Å². The van der Waals surface area contributed by atoms with Crippen LogP contribution in [0.4, 0.5) is 0 Å². The summed E-state index contributed by atoms with van der Waals surface area (Å²) in [7, 11) is 1.65. The van der Waals surface area contributed by atoms with Crippen LogP contribution in [0.3, 0.4) is 0 Å². The van der Waals surface area contributed by atoms with Crippen molar-refractivity contribution < 1.29 is 19.3 Å². The maximum absolute atomic E-state index is 9.42. The average Bonchev–Trinajstić information content (AvgIpc) is 3.17. The Morgan fingerprint density at radius 3 is 2.39 bits per heavy atom. The first kappa shape index (κ1) is 14.2. The Labute approximate surface area is 135 Å². The lowest BCUT2D eigenvalue weighted by Crippen LogP contribution is -2.34. The molecule has 120 valence electrons. The van der Waals surface area contributed by atoms with Crippen molar-refractivity contribution in [3.05, 3.63) is 47.5 Å². The molecule has 0 saturated heterocycles. The molecule has 0 unspecified atom stereocenters. The van der Waals surface area contributed by atoms with Gasteiger partial charge in [0.15, 0.2) is 11.5 Å². The second kappa shape index (κ2) is 5.37. The summed E-state index contributed by atoms with van der Waals surface area (Å²) in [5.74, 6) is 2.03. The number of benzene rings is 2. The third-order valence-corrected chi connectivity index (χ3v) is 4.65. The van der Waals surface area contributed by atoms with Crippen LogP contribution in [0.15, 0.2) is 36.4 Å². The van der Waals surface area contributed by atoms with Gasteiger partial charge in [-0.15, -0.1) is 0 Å². The minimum atomic E-state index is -0.499. The van der Waals surface area contributed by atoms with Gasteiger partial charge in [0.1, 0.15) is 5.75 Å². The van der Waals surface area contributed by atoms with Crippen molar-refractivity contribution in [2.75, 3.05) is 7.11 Å². The van der Waals surface area contributed by atoms with E-state index in [-0.39, 0.29) is 5.75 Å². The standard InChI is InChI=1S/C19H20O4/c1-21-16-9-6-14(12-13-4-7-15(20)8-5-13)17-18(16)23-19(22-17)10-2-3-11-19/h4-9,20H,2-3,10-12H2,1H3. The lowest BCUT2D eigenvalue weighted by Gasteiger charge is -2.21. The molecule has 1 spiro atoms. The molecule has 1 N–H and O–H groups in total. The molecule has 2 aliphatic rings. The molecule has 4 rings (SSSR count). The smallest absolute Gasteiger partial charge is 0.251 e. The highest BCUT2D eigenvalue weighted by Gasteiger charge is 2.46. The third kappa shape index (κ3) is 2.48. The van der Waals surface area contributed by atoms with Crippen molar-refractivity contribution in [2.45, 2.75) is 37.9 Å². The Balaban J connectivity index is 1.69. The first-order chi connectivity index (χ1) is 11.2. The van der Waals surface area contributed by atoms with Crippen molar-refractivity contribution >= 4 is 0 Å². The summed E-state index contributed by atoms with van der Waals surface area (Å²) in [5, 5.41) is 9.42. The number of ether oxygens (including phenoxy) is 3. The fraction of sp³-hybridized carbons (Fsp3) is 0.368. The number of methoxy groups -OCH3 is 1. The molecule has 4 heteroatoms. The largest absolute Gasteiger partial charge is 0.508 e. The fourth-order valence-electron chi connectivity index (χ4n) is 3.44. The van der Waals surface area contributed by atoms with Gasteiger partial charge in [-0.1, -0.05) is 18.2 Å². The van der Waals surface area contributed by atoms with Crippen LogP contribution in [0.25, 0.3) is 0 Å². The summed E-state index contributed by atoms with van der Waals surface area (Å²) in [5.41, 5.74) is 2.20. The molecule has 0 aromatic heterocycles. The maximum atomic E-state index is 9.42. The van der Waals surface area contributed by atoms with Gasteiger partial charge in [-0.2, -0.15) is 0 Å². The number of rotatable bonds is 3. The highest BCUT2D eigenvalue weighted by molar-refractivity contribution is 5.59. The van der Waals surface area contributed by atoms with Crippen LogP contribution >= 0.6 is 0 Å². The SMILES string of the molecule is COc1ccc(Cc2ccc(O)cc2)c2c1OC1(CCCC1)O2. The predicted octanol–water partition coefficient (Wildman–Crippen LogP) is 4.03. The molecule has 1 aliphatic carbocycles. The molecule has 0 amide bonds. The van der Waals surface area contributed by atoms with E-state index in [0.29, 0.717) is 0 Å². The van der Waals surface area contributed by atoms with E-state index in [1.807, 2.05) is 24.3 Å². The molecule has 0 bridgehead atoms. The zero-order valence-electron chi connectivity index (χ0n) is 13.2. The third-order valence-electron chi connectivity index (χ3n) is 4.65. The van der Waals surface area contributed by atoms with E-state index in [1.54, 1.807) is 19.2 Å². The van der Waals surface area contributed by atoms with Gasteiger partial charge in [-0.25, -0.2) is 0 Å². The number of phenols is 1. The van der Waals surface area contributed by atoms with Gasteiger partial charge in [-0.3, -0.25) is 0 Å². The molecule has 0 radical (unpaired) electrons. The van der Waals surface area contributed by atoms with Gasteiger partial charge in [-0.05, 0) is 36.6 Å². The van der Waals surface area contributed by atoms with Crippen molar-refractivity contribution in [1.82, 2.24) is 0 Å². The molecular weight excluding hydrogens is 292 g/mol. The van der Waals surface area contributed by atoms with Crippen molar-refractivity contribution in [3.8, 4) is 23.0 Å². The van der Waals surface area contributed by atoms with Gasteiger partial charge in [0.25, 0.3) is 5.79 Å². The molecule has 1 heterocycles. The van der Waals surface area contributed by atoms with Crippen LogP contribution in [0.1, 0.15) is 36.8 Å². The highest BCUT2D eigenvalue weighted by Crippen LogP contribution is 2.52. The van der Waals surface area contributed by atoms with Crippen LogP contribution < -0.4 is 14.2 Å². The Hall–Kier alpha value is -2.36. The predicted molar refractivity (Wildman–Crippen MR) is 86.4 cm³/mol. The Bertz CT molecular complexity index is 715. The van der Waals surface area contributed by atoms with E-state index in [2.05, 4.69) is 0 Å². The molecular formula is C19H20O4. The lowest BCUT2D eigenvalue weighted by atomic mass is 10.0. The van der Waals surface area contributed by atoms with Crippen LogP contribution in [-0.4, -0.2) is 18.0 Å². The second-order valence-corrected chi connectivity index (χ2v) is 6.25. The number of fused-ring (bicyclic) bond motifs is 1. The van der Waals surface area contributed by atoms with E-state index < -0.39 is 5.79 Å². The van der Waals surface area contributed by atoms with Crippen LogP contribution in [-0.2, 0) is 6.42 Å². The summed E-state index contributed by atoms with van der Waals surface area (Å²) in [6.45, 7) is 0. The van der Waals surface area contributed by atoms with Crippen molar-refractivity contribution in [3.63, 3.8) is 0 Å². The number of hydrogen-bond donors (Lipinski definition) is 1. The van der Waals surface area contributed by atoms with E-state index in [0.717, 1.165) is 60.5 Å². The van der Waals surface area contributed by atoms with Gasteiger partial charge in [0.05, 0.1) is 7.11 Å². The summed E-state index contributed by atoms with van der Waals surface area (Å²) < 4.78 is 17.9. The molecule has 1 saturated carbocycles. The van der Waals surface area contributed by atoms with Crippen molar-refractivity contribution in [2.24, 2.45) is 0 Å². The van der Waals surface area contributed by atoms with E-state index in [4.69, 9.17) is 14.2 Å². The molecule has 23 heavy (non-hydrogen) atoms. The van der Waals surface area contributed by atoms with Crippen molar-refractivity contribution in [1.29, 1.82) is 0 Å². The molecule has 1 aliphatic heterocycles. The monoisotopic (exact) mass is 312 g/mol. The molecule has 1 fully saturated rings. The van der Waals surface area contributed by atoms with Crippen LogP contribution in [0, 0.1) is 0 Å². The maximum Gasteiger partial charge on any atom is 0.251 e. The van der Waals surface area contributed by atoms with Gasteiger partial charge in [0, 0.05) is 24.8 Å². The second-order valence-electron chi connectivity index (χ2n) is 6.25. The summed E-state index contributed by atoms with van der Waals surface area (Å²) >= 11 is 0. The fourth-order valence-corrected chi connectivity index (χ4v) is 3.44. The lowest BCUT2D eigenvalue weighted by molar-refractivity contribution is -0.0725. The molecule has 4 nitrogen and oxygen atoms in total. The number of aromatic hydroxyl groups is 1. The number of phenolic OH excluding ortho intramolecular Hbond substituents is 1. The minimum Gasteiger partial charge on any atom is -0.508 e. The zero-order chi connectivity index (χ0) is 15.9. The first-order valence-electron chi connectivity index (χ1n) is 8.05. The Kier molecular flexibility index (Phi) is 3.33. The minimum absolute atomic E-state index is 0.276.